The number of halogens is 3. The van der Waals surface area contributed by atoms with Gasteiger partial charge in [0.1, 0.15) is 6.04 Å². The first-order valence-corrected chi connectivity index (χ1v) is 9.35. The second-order valence-electron chi connectivity index (χ2n) is 5.85. The third-order valence-corrected chi connectivity index (χ3v) is 5.06. The summed E-state index contributed by atoms with van der Waals surface area (Å²) in [6, 6.07) is 2.67. The number of nitrogens with one attached hydrogen (secondary N) is 1. The van der Waals surface area contributed by atoms with Crippen LogP contribution in [0.4, 0.5) is 13.2 Å². The van der Waals surface area contributed by atoms with Crippen LogP contribution in [0.15, 0.2) is 28.8 Å². The molecule has 1 heterocycles. The Hall–Kier alpha value is -2.47. The van der Waals surface area contributed by atoms with Gasteiger partial charge in [-0.25, -0.2) is 8.42 Å². The maximum absolute atomic E-state index is 13.4. The topological polar surface area (TPSA) is 138 Å². The second-order valence-corrected chi connectivity index (χ2v) is 7.64. The molecule has 0 amide bonds. The number of hydrogen-bond acceptors (Lipinski definition) is 5. The molecule has 0 aliphatic carbocycles. The lowest BCUT2D eigenvalue weighted by molar-refractivity contribution is -0.150. The molecule has 0 saturated carbocycles. The molecule has 0 aliphatic rings. The van der Waals surface area contributed by atoms with E-state index in [1.54, 1.807) is 0 Å². The van der Waals surface area contributed by atoms with E-state index in [0.29, 0.717) is 10.9 Å². The fourth-order valence-electron chi connectivity index (χ4n) is 2.39. The van der Waals surface area contributed by atoms with Crippen LogP contribution in [0.5, 0.6) is 0 Å². The van der Waals surface area contributed by atoms with Gasteiger partial charge in [-0.3, -0.25) is 9.89 Å². The minimum Gasteiger partial charge on any atom is -0.480 e. The van der Waals surface area contributed by atoms with Crippen molar-refractivity contribution in [1.29, 1.82) is 0 Å². The second kappa shape index (κ2) is 8.05. The van der Waals surface area contributed by atoms with Crippen LogP contribution in [0.25, 0.3) is 10.9 Å². The Bertz CT molecular complexity index is 940. The average molecular weight is 406 g/mol. The Morgan fingerprint density at radius 1 is 1.41 bits per heavy atom. The van der Waals surface area contributed by atoms with Crippen LogP contribution in [0.3, 0.4) is 0 Å². The summed E-state index contributed by atoms with van der Waals surface area (Å²) in [6.45, 7) is 0. The van der Waals surface area contributed by atoms with Crippen molar-refractivity contribution in [2.75, 3.05) is 5.75 Å². The summed E-state index contributed by atoms with van der Waals surface area (Å²) >= 11 is 0. The molecule has 0 bridgehead atoms. The van der Waals surface area contributed by atoms with E-state index in [-0.39, 0.29) is 12.0 Å². The van der Waals surface area contributed by atoms with E-state index in [2.05, 4.69) is 14.6 Å². The number of carboxylic acids is 1. The van der Waals surface area contributed by atoms with Crippen LogP contribution in [0.2, 0.25) is 0 Å². The quantitative estimate of drug-likeness (QED) is 0.572. The van der Waals surface area contributed by atoms with Crippen LogP contribution in [0, 0.1) is 0 Å². The molecule has 1 aromatic heterocycles. The lowest BCUT2D eigenvalue weighted by atomic mass is 9.95. The predicted octanol–water partition coefficient (Wildman–Crippen LogP) is 1.80. The van der Waals surface area contributed by atoms with Gasteiger partial charge in [-0.05, 0) is 24.1 Å². The largest absolute Gasteiger partial charge is 0.480 e. The number of carbonyl (C=O) groups is 1. The molecule has 27 heavy (non-hydrogen) atoms. The number of rotatable bonds is 8. The van der Waals surface area contributed by atoms with Gasteiger partial charge in [0, 0.05) is 18.0 Å². The van der Waals surface area contributed by atoms with E-state index in [9.17, 15) is 26.4 Å². The molecule has 1 unspecified atom stereocenters. The molecule has 12 heteroatoms. The van der Waals surface area contributed by atoms with Crippen LogP contribution < -0.4 is 5.73 Å². The molecule has 0 saturated heterocycles. The minimum absolute atomic E-state index is 0.0801. The number of aliphatic carboxylic acids is 1. The average Bonchev–Trinajstić information content (AvgIpc) is 3.01. The monoisotopic (exact) mass is 406 g/mol. The smallest absolute Gasteiger partial charge is 0.395 e. The van der Waals surface area contributed by atoms with Gasteiger partial charge < -0.3 is 10.8 Å². The van der Waals surface area contributed by atoms with Crippen LogP contribution in [-0.2, 0) is 14.8 Å². The van der Waals surface area contributed by atoms with E-state index in [1.165, 1.54) is 24.4 Å². The third-order valence-electron chi connectivity index (χ3n) is 3.84. The molecule has 0 radical (unpaired) electrons. The number of aromatic nitrogens is 2. The molecule has 2 atom stereocenters. The Labute approximate surface area is 152 Å². The van der Waals surface area contributed by atoms with E-state index in [4.69, 9.17) is 10.8 Å². The number of hydrogen-bond donors (Lipinski definition) is 3. The summed E-state index contributed by atoms with van der Waals surface area (Å²) in [5.74, 6) is -4.19. The van der Waals surface area contributed by atoms with Crippen LogP contribution in [-0.4, -0.2) is 53.9 Å². The maximum Gasteiger partial charge on any atom is 0.395 e. The highest BCUT2D eigenvalue weighted by atomic mass is 32.2. The number of fused-ring (bicyclic) bond motifs is 1. The molecule has 0 spiro atoms. The van der Waals surface area contributed by atoms with Gasteiger partial charge in [-0.2, -0.15) is 22.7 Å². The number of nitrogens with zero attached hydrogens (tertiary/aromatic N) is 2. The first-order valence-electron chi connectivity index (χ1n) is 7.74. The van der Waals surface area contributed by atoms with Crippen molar-refractivity contribution in [3.63, 3.8) is 0 Å². The van der Waals surface area contributed by atoms with Gasteiger partial charge in [-0.1, -0.05) is 6.07 Å². The number of benzene rings is 1. The molecule has 4 N–H and O–H groups in total. The normalized spacial score (nSPS) is 15.3. The molecule has 1 aromatic carbocycles. The summed E-state index contributed by atoms with van der Waals surface area (Å²) in [7, 11) is -4.20. The molecule has 2 aromatic rings. The Morgan fingerprint density at radius 2 is 2.11 bits per heavy atom. The van der Waals surface area contributed by atoms with Gasteiger partial charge in [0.15, 0.2) is 0 Å². The minimum atomic E-state index is -4.65. The summed E-state index contributed by atoms with van der Waals surface area (Å²) in [5, 5.41) is 15.4. The molecule has 2 rings (SSSR count). The summed E-state index contributed by atoms with van der Waals surface area (Å²) in [6.07, 6.45) is -3.57. The Morgan fingerprint density at radius 3 is 2.74 bits per heavy atom. The molecular weight excluding hydrogens is 389 g/mol. The zero-order valence-electron chi connectivity index (χ0n) is 13.8. The van der Waals surface area contributed by atoms with E-state index < -0.39 is 46.3 Å². The van der Waals surface area contributed by atoms with Crippen molar-refractivity contribution in [3.8, 4) is 0 Å². The van der Waals surface area contributed by atoms with Crippen LogP contribution in [0.1, 0.15) is 24.3 Å². The Kier molecular flexibility index (Phi) is 6.21. The molecule has 0 fully saturated rings. The van der Waals surface area contributed by atoms with Crippen molar-refractivity contribution in [3.05, 3.63) is 30.0 Å². The number of H-pyrrole nitrogens is 1. The van der Waals surface area contributed by atoms with Crippen molar-refractivity contribution < 1.29 is 31.5 Å². The fourth-order valence-corrected chi connectivity index (χ4v) is 3.34. The van der Waals surface area contributed by atoms with Gasteiger partial charge >= 0.3 is 12.1 Å². The summed E-state index contributed by atoms with van der Waals surface area (Å²) in [4.78, 5) is 10.5. The highest BCUT2D eigenvalue weighted by Gasteiger charge is 2.41. The van der Waals surface area contributed by atoms with Gasteiger partial charge in [-0.15, -0.1) is 0 Å². The highest BCUT2D eigenvalue weighted by molar-refractivity contribution is 7.90. The van der Waals surface area contributed by atoms with Gasteiger partial charge in [0.2, 0.25) is 0 Å². The zero-order chi connectivity index (χ0) is 20.2. The van der Waals surface area contributed by atoms with Crippen molar-refractivity contribution >= 4 is 33.1 Å². The molecule has 8 nitrogen and oxygen atoms in total. The summed E-state index contributed by atoms with van der Waals surface area (Å²) < 4.78 is 67.1. The van der Waals surface area contributed by atoms with Gasteiger partial charge in [0.05, 0.1) is 23.4 Å². The molecular formula is C15H17F3N4O4S. The van der Waals surface area contributed by atoms with Crippen LogP contribution >= 0.6 is 0 Å². The fraction of sp³-hybridized carbons (Fsp3) is 0.400. The SMILES string of the molecule is N[C@@H](CC=NS(=O)(=O)CCC(c1ccc2[nH]ncc2c1)C(F)(F)F)C(=O)O. The van der Waals surface area contributed by atoms with Crippen molar-refractivity contribution in [1.82, 2.24) is 10.2 Å². The number of alkyl halides is 3. The third kappa shape index (κ3) is 5.76. The first-order chi connectivity index (χ1) is 12.5. The Balaban J connectivity index is 2.12. The van der Waals surface area contributed by atoms with Gasteiger partial charge in [0.25, 0.3) is 10.0 Å². The molecule has 148 valence electrons. The number of sulfonamides is 1. The lowest BCUT2D eigenvalue weighted by Gasteiger charge is -2.20. The number of carboxylic acid groups (broad SMARTS) is 1. The predicted molar refractivity (Wildman–Crippen MR) is 92.0 cm³/mol. The van der Waals surface area contributed by atoms with Crippen molar-refractivity contribution in [2.45, 2.75) is 31.0 Å². The highest BCUT2D eigenvalue weighted by Crippen LogP contribution is 2.38. The van der Waals surface area contributed by atoms with E-state index in [1.807, 2.05) is 0 Å². The maximum atomic E-state index is 13.4. The zero-order valence-corrected chi connectivity index (χ0v) is 14.7. The van der Waals surface area contributed by atoms with E-state index in [0.717, 1.165) is 6.21 Å². The number of nitrogens with two attached hydrogens (primary N) is 1. The summed E-state index contributed by atoms with van der Waals surface area (Å²) in [5.41, 5.74) is 5.68. The lowest BCUT2D eigenvalue weighted by Crippen LogP contribution is -2.30. The standard InChI is InChI=1S/C15H17F3N4O4S/c16-15(17,18)11(9-1-2-13-10(7-9)8-20-22-13)4-6-27(25,26)21-5-3-12(19)14(23)24/h1-2,5,7-8,11-12H,3-4,6,19H2,(H,20,22)(H,23,24)/t11?,12-/m0/s1. The van der Waals surface area contributed by atoms with E-state index >= 15 is 0 Å². The van der Waals surface area contributed by atoms with Crippen molar-refractivity contribution in [2.24, 2.45) is 10.1 Å². The number of aromatic amines is 1. The first kappa shape index (κ1) is 20.8. The molecule has 0 aliphatic heterocycles.